The molecule has 0 saturated carbocycles. The van der Waals surface area contributed by atoms with E-state index in [1.54, 1.807) is 25.6 Å². The summed E-state index contributed by atoms with van der Waals surface area (Å²) in [6.45, 7) is 1.47. The molecule has 0 radical (unpaired) electrons. The predicted octanol–water partition coefficient (Wildman–Crippen LogP) is 1.22. The van der Waals surface area contributed by atoms with Crippen molar-refractivity contribution in [2.75, 3.05) is 39.5 Å². The number of hydrogen-bond acceptors (Lipinski definition) is 7. The summed E-state index contributed by atoms with van der Waals surface area (Å²) in [4.78, 5) is 7.54. The number of aliphatic hydroxyl groups is 1. The van der Waals surface area contributed by atoms with Gasteiger partial charge in [0, 0.05) is 30.9 Å². The third-order valence-electron chi connectivity index (χ3n) is 3.64. The SMILES string of the molecule is COCCOCOCCC[S@](=O)C1(c2ccccc2CO)N=CC=N1. The second-order valence-electron chi connectivity index (χ2n) is 5.31. The van der Waals surface area contributed by atoms with Crippen LogP contribution in [0.2, 0.25) is 0 Å². The van der Waals surface area contributed by atoms with E-state index in [-0.39, 0.29) is 13.4 Å². The molecule has 8 heteroatoms. The molecule has 1 aliphatic rings. The van der Waals surface area contributed by atoms with Gasteiger partial charge in [-0.1, -0.05) is 24.3 Å². The smallest absolute Gasteiger partial charge is 0.252 e. The maximum Gasteiger partial charge on any atom is 0.252 e. The Balaban J connectivity index is 1.89. The minimum atomic E-state index is -1.37. The van der Waals surface area contributed by atoms with Gasteiger partial charge >= 0.3 is 0 Å². The lowest BCUT2D eigenvalue weighted by atomic mass is 10.1. The molecule has 0 saturated heterocycles. The zero-order chi connectivity index (χ0) is 18.0. The van der Waals surface area contributed by atoms with Crippen LogP contribution in [0.1, 0.15) is 17.5 Å². The van der Waals surface area contributed by atoms with Gasteiger partial charge in [-0.2, -0.15) is 0 Å². The van der Waals surface area contributed by atoms with Gasteiger partial charge in [-0.25, -0.2) is 9.98 Å². The molecule has 1 aliphatic heterocycles. The standard InChI is InChI=1S/C17H24N2O5S/c1-22-10-11-24-14-23-9-4-12-25(21)17(18-7-8-19-17)16-6-3-2-5-15(16)13-20/h2-3,5-8,20H,4,9-14H2,1H3/t25-/m0/s1. The second-order valence-corrected chi connectivity index (χ2v) is 6.98. The number of ether oxygens (including phenoxy) is 3. The number of aliphatic hydroxyl groups excluding tert-OH is 1. The van der Waals surface area contributed by atoms with E-state index in [0.717, 1.165) is 0 Å². The molecule has 1 N–H and O–H groups in total. The first kappa shape index (κ1) is 19.9. The molecule has 138 valence electrons. The summed E-state index contributed by atoms with van der Waals surface area (Å²) in [6.07, 6.45) is 3.69. The first-order valence-electron chi connectivity index (χ1n) is 8.06. The summed E-state index contributed by atoms with van der Waals surface area (Å²) >= 11 is 0. The fourth-order valence-electron chi connectivity index (χ4n) is 2.41. The van der Waals surface area contributed by atoms with E-state index < -0.39 is 15.8 Å². The lowest BCUT2D eigenvalue weighted by Crippen LogP contribution is -2.29. The molecule has 1 heterocycles. The highest BCUT2D eigenvalue weighted by Crippen LogP contribution is 2.36. The molecule has 0 fully saturated rings. The molecule has 0 amide bonds. The molecular weight excluding hydrogens is 344 g/mol. The fraction of sp³-hybridized carbons (Fsp3) is 0.529. The van der Waals surface area contributed by atoms with Crippen LogP contribution in [-0.4, -0.2) is 61.2 Å². The van der Waals surface area contributed by atoms with Crippen molar-refractivity contribution in [1.82, 2.24) is 0 Å². The van der Waals surface area contributed by atoms with Crippen molar-refractivity contribution in [1.29, 1.82) is 0 Å². The van der Waals surface area contributed by atoms with Crippen molar-refractivity contribution in [3.8, 4) is 0 Å². The summed E-state index contributed by atoms with van der Waals surface area (Å²) < 4.78 is 28.3. The number of benzene rings is 1. The van der Waals surface area contributed by atoms with Crippen molar-refractivity contribution in [3.05, 3.63) is 35.4 Å². The van der Waals surface area contributed by atoms with Crippen LogP contribution in [-0.2, 0) is 36.6 Å². The molecule has 0 unspecified atom stereocenters. The Morgan fingerprint density at radius 2 is 1.84 bits per heavy atom. The van der Waals surface area contributed by atoms with Crippen LogP contribution in [0.3, 0.4) is 0 Å². The number of hydrogen-bond donors (Lipinski definition) is 1. The maximum absolute atomic E-state index is 12.9. The van der Waals surface area contributed by atoms with Crippen molar-refractivity contribution >= 4 is 23.2 Å². The number of nitrogens with zero attached hydrogens (tertiary/aromatic N) is 2. The molecule has 25 heavy (non-hydrogen) atoms. The molecule has 1 aromatic carbocycles. The summed E-state index contributed by atoms with van der Waals surface area (Å²) in [5, 5.41) is 9.56. The Bertz CT molecular complexity index is 609. The Kier molecular flexibility index (Phi) is 8.36. The van der Waals surface area contributed by atoms with E-state index in [1.807, 2.05) is 18.2 Å². The van der Waals surface area contributed by atoms with Crippen LogP contribution < -0.4 is 0 Å². The van der Waals surface area contributed by atoms with Crippen LogP contribution in [0, 0.1) is 0 Å². The number of aliphatic imine (C=N–C) groups is 2. The van der Waals surface area contributed by atoms with Crippen LogP contribution in [0.15, 0.2) is 34.3 Å². The first-order valence-corrected chi connectivity index (χ1v) is 9.37. The molecule has 1 aromatic rings. The van der Waals surface area contributed by atoms with Crippen molar-refractivity contribution < 1.29 is 23.5 Å². The topological polar surface area (TPSA) is 89.7 Å². The van der Waals surface area contributed by atoms with E-state index in [4.69, 9.17) is 14.2 Å². The van der Waals surface area contributed by atoms with E-state index in [0.29, 0.717) is 43.1 Å². The molecule has 0 aromatic heterocycles. The monoisotopic (exact) mass is 368 g/mol. The van der Waals surface area contributed by atoms with Crippen molar-refractivity contribution in [2.45, 2.75) is 18.0 Å². The molecule has 0 aliphatic carbocycles. The summed E-state index contributed by atoms with van der Waals surface area (Å²) in [7, 11) is 0.235. The molecule has 2 rings (SSSR count). The zero-order valence-corrected chi connectivity index (χ0v) is 15.1. The predicted molar refractivity (Wildman–Crippen MR) is 97.3 cm³/mol. The minimum absolute atomic E-state index is 0.151. The van der Waals surface area contributed by atoms with E-state index >= 15 is 0 Å². The highest BCUT2D eigenvalue weighted by atomic mass is 32.2. The zero-order valence-electron chi connectivity index (χ0n) is 14.3. The van der Waals surface area contributed by atoms with Gasteiger partial charge in [0.2, 0.25) is 0 Å². The van der Waals surface area contributed by atoms with E-state index in [1.165, 1.54) is 0 Å². The van der Waals surface area contributed by atoms with Gasteiger partial charge in [0.15, 0.2) is 0 Å². The van der Waals surface area contributed by atoms with Gasteiger partial charge in [0.05, 0.1) is 37.2 Å². The number of methoxy groups -OCH3 is 1. The average Bonchev–Trinajstić information content (AvgIpc) is 3.14. The highest BCUT2D eigenvalue weighted by Gasteiger charge is 2.40. The number of rotatable bonds is 12. The Morgan fingerprint density at radius 1 is 1.12 bits per heavy atom. The second kappa shape index (κ2) is 10.5. The Morgan fingerprint density at radius 3 is 2.56 bits per heavy atom. The minimum Gasteiger partial charge on any atom is -0.392 e. The summed E-state index contributed by atoms with van der Waals surface area (Å²) in [6, 6.07) is 7.25. The molecular formula is C17H24N2O5S. The van der Waals surface area contributed by atoms with Crippen LogP contribution >= 0.6 is 0 Å². The first-order chi connectivity index (χ1) is 12.2. The third kappa shape index (κ3) is 5.26. The van der Waals surface area contributed by atoms with Gasteiger partial charge < -0.3 is 19.3 Å². The lowest BCUT2D eigenvalue weighted by Gasteiger charge is -2.25. The van der Waals surface area contributed by atoms with Gasteiger partial charge in [-0.05, 0) is 12.0 Å². The van der Waals surface area contributed by atoms with Crippen LogP contribution in [0.4, 0.5) is 0 Å². The Labute approximate surface area is 150 Å². The van der Waals surface area contributed by atoms with Gasteiger partial charge in [-0.15, -0.1) is 0 Å². The third-order valence-corrected chi connectivity index (χ3v) is 5.36. The largest absolute Gasteiger partial charge is 0.392 e. The molecule has 0 bridgehead atoms. The van der Waals surface area contributed by atoms with Crippen molar-refractivity contribution in [2.24, 2.45) is 9.98 Å². The summed E-state index contributed by atoms with van der Waals surface area (Å²) in [5.74, 6) is 0.381. The molecule has 1 atom stereocenters. The van der Waals surface area contributed by atoms with E-state index in [2.05, 4.69) is 9.98 Å². The molecule has 0 spiro atoms. The quantitative estimate of drug-likeness (QED) is 0.443. The van der Waals surface area contributed by atoms with Gasteiger partial charge in [0.1, 0.15) is 6.79 Å². The van der Waals surface area contributed by atoms with Crippen LogP contribution in [0.25, 0.3) is 0 Å². The van der Waals surface area contributed by atoms with E-state index in [9.17, 15) is 9.32 Å². The van der Waals surface area contributed by atoms with Gasteiger partial charge in [0.25, 0.3) is 4.99 Å². The van der Waals surface area contributed by atoms with Gasteiger partial charge in [-0.3, -0.25) is 4.21 Å². The summed E-state index contributed by atoms with van der Waals surface area (Å²) in [5.41, 5.74) is 1.35. The fourth-order valence-corrected chi connectivity index (χ4v) is 3.88. The lowest BCUT2D eigenvalue weighted by molar-refractivity contribution is -0.0652. The highest BCUT2D eigenvalue weighted by molar-refractivity contribution is 7.86. The maximum atomic E-state index is 12.9. The normalized spacial score (nSPS) is 16.4. The molecule has 7 nitrogen and oxygen atoms in total. The average molecular weight is 368 g/mol. The van der Waals surface area contributed by atoms with Crippen molar-refractivity contribution in [3.63, 3.8) is 0 Å². The Hall–Kier alpha value is -1.45. The van der Waals surface area contributed by atoms with Crippen LogP contribution in [0.5, 0.6) is 0 Å².